The number of piperidine rings is 1. The molecule has 2 heteroatoms. The van der Waals surface area contributed by atoms with Crippen LogP contribution in [0.4, 0.5) is 0 Å². The summed E-state index contributed by atoms with van der Waals surface area (Å²) < 4.78 is 0. The van der Waals surface area contributed by atoms with Crippen molar-refractivity contribution in [2.75, 3.05) is 19.6 Å². The molecule has 18 heavy (non-hydrogen) atoms. The lowest BCUT2D eigenvalue weighted by Gasteiger charge is -2.29. The minimum Gasteiger partial charge on any atom is -0.387 e. The van der Waals surface area contributed by atoms with Gasteiger partial charge in [-0.15, -0.1) is 0 Å². The van der Waals surface area contributed by atoms with E-state index in [1.54, 1.807) is 0 Å². The summed E-state index contributed by atoms with van der Waals surface area (Å²) >= 11 is 0. The van der Waals surface area contributed by atoms with Gasteiger partial charge in [-0.1, -0.05) is 24.1 Å². The van der Waals surface area contributed by atoms with Crippen molar-refractivity contribution < 1.29 is 5.11 Å². The molecule has 0 amide bonds. The normalized spacial score (nSPS) is 18.9. The van der Waals surface area contributed by atoms with E-state index in [1.807, 2.05) is 0 Å². The molecule has 1 aliphatic heterocycles. The molecular formula is C16H25NO. The van der Waals surface area contributed by atoms with Crippen molar-refractivity contribution in [2.45, 2.75) is 46.1 Å². The predicted molar refractivity (Wildman–Crippen MR) is 75.9 cm³/mol. The Kier molecular flexibility index (Phi) is 4.41. The summed E-state index contributed by atoms with van der Waals surface area (Å²) in [4.78, 5) is 2.40. The van der Waals surface area contributed by atoms with Crippen molar-refractivity contribution >= 4 is 0 Å². The summed E-state index contributed by atoms with van der Waals surface area (Å²) in [5.41, 5.74) is 4.85. The second-order valence-electron chi connectivity index (χ2n) is 5.69. The lowest BCUT2D eigenvalue weighted by atomic mass is 9.95. The third-order valence-corrected chi connectivity index (χ3v) is 3.95. The van der Waals surface area contributed by atoms with E-state index in [2.05, 4.69) is 37.8 Å². The molecule has 0 bridgehead atoms. The molecule has 1 aromatic carbocycles. The van der Waals surface area contributed by atoms with E-state index < -0.39 is 0 Å². The topological polar surface area (TPSA) is 23.5 Å². The molecule has 2 nitrogen and oxygen atoms in total. The highest BCUT2D eigenvalue weighted by molar-refractivity contribution is 5.39. The van der Waals surface area contributed by atoms with Crippen LogP contribution >= 0.6 is 0 Å². The molecule has 0 aromatic heterocycles. The summed E-state index contributed by atoms with van der Waals surface area (Å²) in [7, 11) is 0. The van der Waals surface area contributed by atoms with Crippen LogP contribution in [0.5, 0.6) is 0 Å². The van der Waals surface area contributed by atoms with Crippen LogP contribution in [-0.2, 0) is 0 Å². The second-order valence-corrected chi connectivity index (χ2v) is 5.69. The van der Waals surface area contributed by atoms with E-state index in [0.717, 1.165) is 25.2 Å². The zero-order valence-electron chi connectivity index (χ0n) is 11.9. The summed E-state index contributed by atoms with van der Waals surface area (Å²) in [6, 6.07) is 4.34. The maximum atomic E-state index is 10.5. The van der Waals surface area contributed by atoms with E-state index in [0.29, 0.717) is 0 Å². The Balaban J connectivity index is 2.10. The largest absolute Gasteiger partial charge is 0.387 e. The number of benzene rings is 1. The van der Waals surface area contributed by atoms with E-state index in [4.69, 9.17) is 0 Å². The predicted octanol–water partition coefficient (Wildman–Crippen LogP) is 3.13. The molecule has 1 atom stereocenters. The van der Waals surface area contributed by atoms with Gasteiger partial charge in [-0.05, 0) is 63.4 Å². The molecule has 1 aromatic rings. The Morgan fingerprint density at radius 2 is 1.61 bits per heavy atom. The van der Waals surface area contributed by atoms with Gasteiger partial charge in [0, 0.05) is 6.54 Å². The van der Waals surface area contributed by atoms with Crippen molar-refractivity contribution in [3.63, 3.8) is 0 Å². The molecule has 0 radical (unpaired) electrons. The minimum absolute atomic E-state index is 0.344. The molecule has 0 spiro atoms. The van der Waals surface area contributed by atoms with Crippen LogP contribution in [-0.4, -0.2) is 29.6 Å². The Morgan fingerprint density at radius 1 is 1.06 bits per heavy atom. The second kappa shape index (κ2) is 5.85. The zero-order valence-corrected chi connectivity index (χ0v) is 11.9. The highest BCUT2D eigenvalue weighted by Crippen LogP contribution is 2.25. The first-order valence-electron chi connectivity index (χ1n) is 7.06. The summed E-state index contributed by atoms with van der Waals surface area (Å²) in [5, 5.41) is 10.5. The van der Waals surface area contributed by atoms with Crippen LogP contribution in [0, 0.1) is 20.8 Å². The number of hydrogen-bond donors (Lipinski definition) is 1. The van der Waals surface area contributed by atoms with Crippen molar-refractivity contribution in [3.8, 4) is 0 Å². The molecular weight excluding hydrogens is 222 g/mol. The highest BCUT2D eigenvalue weighted by Gasteiger charge is 2.18. The number of aliphatic hydroxyl groups is 1. The van der Waals surface area contributed by atoms with E-state index >= 15 is 0 Å². The summed E-state index contributed by atoms with van der Waals surface area (Å²) in [5.74, 6) is 0. The maximum absolute atomic E-state index is 10.5. The quantitative estimate of drug-likeness (QED) is 0.887. The van der Waals surface area contributed by atoms with Gasteiger partial charge >= 0.3 is 0 Å². The van der Waals surface area contributed by atoms with Gasteiger partial charge in [0.1, 0.15) is 0 Å². The first kappa shape index (κ1) is 13.6. The van der Waals surface area contributed by atoms with Crippen LogP contribution < -0.4 is 0 Å². The Morgan fingerprint density at radius 3 is 2.17 bits per heavy atom. The van der Waals surface area contributed by atoms with Gasteiger partial charge < -0.3 is 10.0 Å². The third kappa shape index (κ3) is 3.12. The average molecular weight is 247 g/mol. The highest BCUT2D eigenvalue weighted by atomic mass is 16.3. The number of hydrogen-bond acceptors (Lipinski definition) is 2. The van der Waals surface area contributed by atoms with E-state index in [-0.39, 0.29) is 6.10 Å². The zero-order chi connectivity index (χ0) is 13.1. The smallest absolute Gasteiger partial charge is 0.0922 e. The number of nitrogens with zero attached hydrogens (tertiary/aromatic N) is 1. The van der Waals surface area contributed by atoms with Crippen molar-refractivity contribution in [3.05, 3.63) is 34.4 Å². The number of aliphatic hydroxyl groups excluding tert-OH is 1. The molecule has 1 N–H and O–H groups in total. The number of rotatable bonds is 3. The number of likely N-dealkylation sites (tertiary alicyclic amines) is 1. The Hall–Kier alpha value is -0.860. The third-order valence-electron chi connectivity index (χ3n) is 3.95. The van der Waals surface area contributed by atoms with Crippen LogP contribution in [0.2, 0.25) is 0 Å². The van der Waals surface area contributed by atoms with Gasteiger partial charge in [-0.2, -0.15) is 0 Å². The fourth-order valence-electron chi connectivity index (χ4n) is 3.19. The monoisotopic (exact) mass is 247 g/mol. The molecule has 2 rings (SSSR count). The minimum atomic E-state index is -0.344. The lowest BCUT2D eigenvalue weighted by molar-refractivity contribution is 0.101. The first-order chi connectivity index (χ1) is 8.58. The van der Waals surface area contributed by atoms with Gasteiger partial charge in [-0.3, -0.25) is 0 Å². The molecule has 1 saturated heterocycles. The maximum Gasteiger partial charge on any atom is 0.0922 e. The van der Waals surface area contributed by atoms with Crippen molar-refractivity contribution in [2.24, 2.45) is 0 Å². The fraction of sp³-hybridized carbons (Fsp3) is 0.625. The van der Waals surface area contributed by atoms with Gasteiger partial charge in [0.05, 0.1) is 6.10 Å². The fourth-order valence-corrected chi connectivity index (χ4v) is 3.19. The molecule has 1 fully saturated rings. The number of aryl methyl sites for hydroxylation is 3. The van der Waals surface area contributed by atoms with Crippen LogP contribution in [0.3, 0.4) is 0 Å². The molecule has 100 valence electrons. The van der Waals surface area contributed by atoms with E-state index in [9.17, 15) is 5.11 Å². The molecule has 0 saturated carbocycles. The van der Waals surface area contributed by atoms with Gasteiger partial charge in [0.15, 0.2) is 0 Å². The Labute approximate surface area is 111 Å². The Bertz CT molecular complexity index is 385. The standard InChI is InChI=1S/C16H25NO/c1-12-9-13(2)16(14(3)10-12)15(18)11-17-7-5-4-6-8-17/h9-10,15,18H,4-8,11H2,1-3H3. The lowest BCUT2D eigenvalue weighted by Crippen LogP contribution is -2.33. The molecule has 1 aliphatic rings. The number of β-amino-alcohol motifs (C(OH)–C–C–N with tert-alkyl or cyclic N) is 1. The summed E-state index contributed by atoms with van der Waals surface area (Å²) in [6.07, 6.45) is 3.55. The van der Waals surface area contributed by atoms with Gasteiger partial charge in [0.2, 0.25) is 0 Å². The average Bonchev–Trinajstić information content (AvgIpc) is 2.28. The molecule has 0 aliphatic carbocycles. The van der Waals surface area contributed by atoms with E-state index in [1.165, 1.54) is 36.0 Å². The van der Waals surface area contributed by atoms with Gasteiger partial charge in [0.25, 0.3) is 0 Å². The van der Waals surface area contributed by atoms with Crippen molar-refractivity contribution in [1.29, 1.82) is 0 Å². The molecule has 1 heterocycles. The first-order valence-corrected chi connectivity index (χ1v) is 7.06. The molecule has 1 unspecified atom stereocenters. The van der Waals surface area contributed by atoms with Crippen LogP contribution in [0.25, 0.3) is 0 Å². The SMILES string of the molecule is Cc1cc(C)c(C(O)CN2CCCCC2)c(C)c1. The summed E-state index contributed by atoms with van der Waals surface area (Å²) in [6.45, 7) is 9.39. The van der Waals surface area contributed by atoms with Crippen molar-refractivity contribution in [1.82, 2.24) is 4.90 Å². The van der Waals surface area contributed by atoms with Crippen LogP contribution in [0.15, 0.2) is 12.1 Å². The van der Waals surface area contributed by atoms with Crippen LogP contribution in [0.1, 0.15) is 47.6 Å². The van der Waals surface area contributed by atoms with Gasteiger partial charge in [-0.25, -0.2) is 0 Å².